The molecule has 1 unspecified atom stereocenters. The summed E-state index contributed by atoms with van der Waals surface area (Å²) in [5, 5.41) is 0. The lowest BCUT2D eigenvalue weighted by Gasteiger charge is -2.33. The maximum Gasteiger partial charge on any atom is 0.332 e. The van der Waals surface area contributed by atoms with Crippen molar-refractivity contribution in [3.63, 3.8) is 0 Å². The third-order valence-electron chi connectivity index (χ3n) is 6.03. The van der Waals surface area contributed by atoms with E-state index in [0.717, 1.165) is 32.1 Å². The molecule has 6 heteroatoms. The first-order valence-electron chi connectivity index (χ1n) is 10.5. The van der Waals surface area contributed by atoms with Gasteiger partial charge in [0.05, 0.1) is 12.8 Å². The van der Waals surface area contributed by atoms with Crippen molar-refractivity contribution >= 4 is 23.4 Å². The Kier molecular flexibility index (Phi) is 5.84. The fourth-order valence-corrected chi connectivity index (χ4v) is 4.45. The van der Waals surface area contributed by atoms with Gasteiger partial charge in [-0.05, 0) is 49.2 Å². The fraction of sp³-hybridized carbons (Fsp3) is 0.375. The number of hydrogen-bond donors (Lipinski definition) is 0. The maximum absolute atomic E-state index is 13.3. The number of carbonyl (C=O) groups is 3. The van der Waals surface area contributed by atoms with E-state index in [-0.39, 0.29) is 30.2 Å². The van der Waals surface area contributed by atoms with Crippen molar-refractivity contribution < 1.29 is 19.1 Å². The second kappa shape index (κ2) is 8.69. The number of imide groups is 1. The average Bonchev–Trinajstić information content (AvgIpc) is 3.04. The van der Waals surface area contributed by atoms with E-state index in [1.807, 2.05) is 6.07 Å². The van der Waals surface area contributed by atoms with E-state index in [1.54, 1.807) is 60.5 Å². The Balaban J connectivity index is 1.62. The normalized spacial score (nSPS) is 20.0. The van der Waals surface area contributed by atoms with Crippen molar-refractivity contribution in [1.82, 2.24) is 4.90 Å². The van der Waals surface area contributed by atoms with E-state index in [2.05, 4.69) is 0 Å². The Bertz CT molecular complexity index is 920. The summed E-state index contributed by atoms with van der Waals surface area (Å²) in [6, 6.07) is 14.7. The molecule has 1 aliphatic heterocycles. The topological polar surface area (TPSA) is 66.9 Å². The highest BCUT2D eigenvalue weighted by Gasteiger charge is 2.49. The minimum absolute atomic E-state index is 0.00224. The van der Waals surface area contributed by atoms with E-state index in [0.29, 0.717) is 17.0 Å². The molecule has 1 atom stereocenters. The molecule has 4 rings (SSSR count). The van der Waals surface area contributed by atoms with Gasteiger partial charge in [-0.25, -0.2) is 9.69 Å². The molecule has 0 spiro atoms. The van der Waals surface area contributed by atoms with Crippen LogP contribution in [0.1, 0.15) is 48.9 Å². The third kappa shape index (κ3) is 3.82. The Hall–Kier alpha value is -3.15. The summed E-state index contributed by atoms with van der Waals surface area (Å²) in [6.45, 7) is 0. The van der Waals surface area contributed by atoms with Gasteiger partial charge >= 0.3 is 6.03 Å². The summed E-state index contributed by atoms with van der Waals surface area (Å²) in [6.07, 6.45) is 4.94. The number of methoxy groups -OCH3 is 1. The number of benzene rings is 2. The monoisotopic (exact) mass is 406 g/mol. The Morgan fingerprint density at radius 1 is 0.967 bits per heavy atom. The van der Waals surface area contributed by atoms with Gasteiger partial charge < -0.3 is 9.64 Å². The molecule has 1 aliphatic carbocycles. The van der Waals surface area contributed by atoms with Crippen LogP contribution in [-0.2, 0) is 4.79 Å². The molecule has 1 heterocycles. The second-order valence-corrected chi connectivity index (χ2v) is 7.86. The molecular weight excluding hydrogens is 380 g/mol. The van der Waals surface area contributed by atoms with Gasteiger partial charge in [-0.2, -0.15) is 0 Å². The van der Waals surface area contributed by atoms with Crippen molar-refractivity contribution in [1.29, 1.82) is 0 Å². The molecule has 2 fully saturated rings. The number of nitrogens with zero attached hydrogens (tertiary/aromatic N) is 2. The zero-order chi connectivity index (χ0) is 21.1. The molecule has 0 bridgehead atoms. The quantitative estimate of drug-likeness (QED) is 0.525. The lowest BCUT2D eigenvalue weighted by molar-refractivity contribution is -0.120. The van der Waals surface area contributed by atoms with Crippen LogP contribution in [0, 0.1) is 0 Å². The molecule has 0 radical (unpaired) electrons. The standard InChI is InChI=1S/C24H26N2O4/c1-30-20-14-12-17(13-15-20)22(27)16-21-23(28)26(19-10-6-3-7-11-19)24(29)25(21)18-8-4-2-5-9-18/h3,6-7,10-15,18,21H,2,4-5,8-9,16H2,1H3. The predicted molar refractivity (Wildman–Crippen MR) is 114 cm³/mol. The number of hydrogen-bond acceptors (Lipinski definition) is 4. The fourth-order valence-electron chi connectivity index (χ4n) is 4.45. The number of amides is 3. The van der Waals surface area contributed by atoms with E-state index >= 15 is 0 Å². The zero-order valence-corrected chi connectivity index (χ0v) is 17.1. The molecule has 156 valence electrons. The summed E-state index contributed by atoms with van der Waals surface area (Å²) in [7, 11) is 1.57. The first-order valence-corrected chi connectivity index (χ1v) is 10.5. The largest absolute Gasteiger partial charge is 0.497 e. The Labute approximate surface area is 176 Å². The number of Topliss-reactive ketones (excluding diaryl/α,β-unsaturated/α-hetero) is 1. The molecular formula is C24H26N2O4. The molecule has 2 aliphatic rings. The zero-order valence-electron chi connectivity index (χ0n) is 17.1. The number of urea groups is 1. The first-order chi connectivity index (χ1) is 14.6. The van der Waals surface area contributed by atoms with Crippen molar-refractivity contribution in [3.05, 3.63) is 60.2 Å². The molecule has 0 aromatic heterocycles. The highest BCUT2D eigenvalue weighted by atomic mass is 16.5. The van der Waals surface area contributed by atoms with Crippen molar-refractivity contribution in [3.8, 4) is 5.75 Å². The predicted octanol–water partition coefficient (Wildman–Crippen LogP) is 4.44. The number of rotatable bonds is 6. The summed E-state index contributed by atoms with van der Waals surface area (Å²) in [4.78, 5) is 42.5. The number of carbonyl (C=O) groups excluding carboxylic acids is 3. The summed E-state index contributed by atoms with van der Waals surface area (Å²) in [5.41, 5.74) is 1.06. The lowest BCUT2D eigenvalue weighted by Crippen LogP contribution is -2.45. The smallest absolute Gasteiger partial charge is 0.332 e. The minimum atomic E-state index is -0.768. The molecule has 30 heavy (non-hydrogen) atoms. The third-order valence-corrected chi connectivity index (χ3v) is 6.03. The molecule has 3 amide bonds. The van der Waals surface area contributed by atoms with Crippen LogP contribution < -0.4 is 9.64 Å². The highest BCUT2D eigenvalue weighted by Crippen LogP contribution is 2.33. The van der Waals surface area contributed by atoms with Crippen molar-refractivity contribution in [2.24, 2.45) is 0 Å². The molecule has 0 N–H and O–H groups in total. The summed E-state index contributed by atoms with van der Waals surface area (Å²) < 4.78 is 5.15. The van der Waals surface area contributed by atoms with Gasteiger partial charge in [0.15, 0.2) is 5.78 Å². The molecule has 2 aromatic carbocycles. The van der Waals surface area contributed by atoms with E-state index in [1.165, 1.54) is 4.90 Å². The van der Waals surface area contributed by atoms with Crippen LogP contribution in [0.3, 0.4) is 0 Å². The number of para-hydroxylation sites is 1. The van der Waals surface area contributed by atoms with E-state index < -0.39 is 6.04 Å². The Morgan fingerprint density at radius 3 is 2.27 bits per heavy atom. The molecule has 1 saturated carbocycles. The second-order valence-electron chi connectivity index (χ2n) is 7.86. The van der Waals surface area contributed by atoms with Crippen LogP contribution in [0.15, 0.2) is 54.6 Å². The van der Waals surface area contributed by atoms with Crippen LogP contribution in [0.5, 0.6) is 5.75 Å². The van der Waals surface area contributed by atoms with Gasteiger partial charge in [-0.1, -0.05) is 37.5 Å². The van der Waals surface area contributed by atoms with Crippen molar-refractivity contribution in [2.45, 2.75) is 50.6 Å². The van der Waals surface area contributed by atoms with Gasteiger partial charge in [-0.3, -0.25) is 9.59 Å². The minimum Gasteiger partial charge on any atom is -0.497 e. The van der Waals surface area contributed by atoms with Crippen LogP contribution in [-0.4, -0.2) is 41.8 Å². The van der Waals surface area contributed by atoms with Gasteiger partial charge in [0.1, 0.15) is 11.8 Å². The highest BCUT2D eigenvalue weighted by molar-refractivity contribution is 6.22. The molecule has 2 aromatic rings. The molecule has 1 saturated heterocycles. The number of ketones is 1. The van der Waals surface area contributed by atoms with Gasteiger partial charge in [0, 0.05) is 18.0 Å². The van der Waals surface area contributed by atoms with E-state index in [4.69, 9.17) is 4.74 Å². The van der Waals surface area contributed by atoms with Crippen LogP contribution in [0.25, 0.3) is 0 Å². The van der Waals surface area contributed by atoms with Gasteiger partial charge in [0.25, 0.3) is 5.91 Å². The van der Waals surface area contributed by atoms with Crippen molar-refractivity contribution in [2.75, 3.05) is 12.0 Å². The van der Waals surface area contributed by atoms with Gasteiger partial charge in [0.2, 0.25) is 0 Å². The van der Waals surface area contributed by atoms with Crippen LogP contribution in [0.4, 0.5) is 10.5 Å². The summed E-state index contributed by atoms with van der Waals surface area (Å²) >= 11 is 0. The maximum atomic E-state index is 13.3. The SMILES string of the molecule is COc1ccc(C(=O)CC2C(=O)N(c3ccccc3)C(=O)N2C2CCCCC2)cc1. The van der Waals surface area contributed by atoms with E-state index in [9.17, 15) is 14.4 Å². The first kappa shape index (κ1) is 20.1. The number of anilines is 1. The van der Waals surface area contributed by atoms with Gasteiger partial charge in [-0.15, -0.1) is 0 Å². The van der Waals surface area contributed by atoms with Crippen LogP contribution in [0.2, 0.25) is 0 Å². The lowest BCUT2D eigenvalue weighted by atomic mass is 9.92. The van der Waals surface area contributed by atoms with Crippen LogP contribution >= 0.6 is 0 Å². The Morgan fingerprint density at radius 2 is 1.63 bits per heavy atom. The molecule has 6 nitrogen and oxygen atoms in total. The summed E-state index contributed by atoms with van der Waals surface area (Å²) in [5.74, 6) is 0.191. The average molecular weight is 406 g/mol. The number of ether oxygens (including phenoxy) is 1.